The number of pyridine rings is 1. The summed E-state index contributed by atoms with van der Waals surface area (Å²) in [7, 11) is 0.646. The Labute approximate surface area is 236 Å². The van der Waals surface area contributed by atoms with E-state index in [4.69, 9.17) is 9.47 Å². The van der Waals surface area contributed by atoms with Crippen LogP contribution in [0.25, 0.3) is 0 Å². The topological polar surface area (TPSA) is 43.4 Å². The third-order valence-electron chi connectivity index (χ3n) is 6.02. The Balaban J connectivity index is 0.00000260. The zero-order valence-corrected chi connectivity index (χ0v) is 25.3. The third kappa shape index (κ3) is 10.8. The molecule has 2 unspecified atom stereocenters. The van der Waals surface area contributed by atoms with E-state index in [2.05, 4.69) is 49.0 Å². The SMILES string of the molecule is C/C=C\C=C/C(C)(CCC)COc1cc(CNc2ncccc2PC)cc(OCc2ccccc2F)c1.CC. The summed E-state index contributed by atoms with van der Waals surface area (Å²) in [4.78, 5) is 4.50. The van der Waals surface area contributed by atoms with E-state index in [0.29, 0.717) is 33.0 Å². The number of hydrogen-bond acceptors (Lipinski definition) is 4. The van der Waals surface area contributed by atoms with Gasteiger partial charge in [0.2, 0.25) is 0 Å². The minimum atomic E-state index is -0.275. The molecule has 6 heteroatoms. The fourth-order valence-corrected chi connectivity index (χ4v) is 4.68. The number of ether oxygens (including phenoxy) is 2. The molecule has 2 aromatic carbocycles. The maximum Gasteiger partial charge on any atom is 0.133 e. The third-order valence-corrected chi connectivity index (χ3v) is 6.96. The molecular formula is C33H44FN2O2P. The van der Waals surface area contributed by atoms with Gasteiger partial charge in [0.1, 0.15) is 29.7 Å². The average molecular weight is 551 g/mol. The Morgan fingerprint density at radius 2 is 1.77 bits per heavy atom. The van der Waals surface area contributed by atoms with Crippen molar-refractivity contribution in [1.29, 1.82) is 0 Å². The number of anilines is 1. The van der Waals surface area contributed by atoms with Crippen LogP contribution in [0.1, 0.15) is 58.6 Å². The van der Waals surface area contributed by atoms with Gasteiger partial charge in [-0.2, -0.15) is 0 Å². The van der Waals surface area contributed by atoms with Gasteiger partial charge in [0.05, 0.1) is 6.61 Å². The predicted octanol–water partition coefficient (Wildman–Crippen LogP) is 8.69. The maximum atomic E-state index is 14.2. The molecule has 2 atom stereocenters. The summed E-state index contributed by atoms with van der Waals surface area (Å²) in [5, 5.41) is 4.64. The summed E-state index contributed by atoms with van der Waals surface area (Å²) >= 11 is 0. The highest BCUT2D eigenvalue weighted by atomic mass is 31.1. The van der Waals surface area contributed by atoms with Crippen LogP contribution in [0.5, 0.6) is 11.5 Å². The van der Waals surface area contributed by atoms with Gasteiger partial charge in [0.15, 0.2) is 0 Å². The van der Waals surface area contributed by atoms with Crippen LogP contribution >= 0.6 is 8.58 Å². The van der Waals surface area contributed by atoms with E-state index in [1.165, 1.54) is 11.4 Å². The van der Waals surface area contributed by atoms with Crippen molar-refractivity contribution in [3.05, 3.63) is 102 Å². The van der Waals surface area contributed by atoms with E-state index in [1.54, 1.807) is 18.3 Å². The highest BCUT2D eigenvalue weighted by Gasteiger charge is 2.21. The van der Waals surface area contributed by atoms with Crippen molar-refractivity contribution < 1.29 is 13.9 Å². The standard InChI is InChI=1S/C31H38FN2O2P.C2H6/c1-5-7-10-16-31(3,15-6-2)23-36-27-19-24(21-34-30-29(37-4)14-11-17-33-30)18-26(20-27)35-22-25-12-8-9-13-28(25)32;1-2/h5,7-14,16-20,37H,6,15,21-23H2,1-4H3,(H,33,34);1-2H3/b7-5-,16-10-;. The Hall–Kier alpha value is -3.17. The van der Waals surface area contributed by atoms with E-state index in [1.807, 2.05) is 63.3 Å². The zero-order chi connectivity index (χ0) is 28.5. The lowest BCUT2D eigenvalue weighted by molar-refractivity contribution is 0.193. The summed E-state index contributed by atoms with van der Waals surface area (Å²) in [6.45, 7) is 13.8. The van der Waals surface area contributed by atoms with E-state index in [-0.39, 0.29) is 17.8 Å². The summed E-state index contributed by atoms with van der Waals surface area (Å²) in [5.74, 6) is 1.97. The second-order valence-electron chi connectivity index (χ2n) is 9.27. The van der Waals surface area contributed by atoms with Gasteiger partial charge in [-0.05, 0) is 55.9 Å². The van der Waals surface area contributed by atoms with E-state index >= 15 is 0 Å². The van der Waals surface area contributed by atoms with Crippen LogP contribution in [0, 0.1) is 11.2 Å². The monoisotopic (exact) mass is 550 g/mol. The number of allylic oxidation sites excluding steroid dienone is 3. The van der Waals surface area contributed by atoms with Gasteiger partial charge in [0.25, 0.3) is 0 Å². The molecule has 3 aromatic rings. The predicted molar refractivity (Wildman–Crippen MR) is 166 cm³/mol. The van der Waals surface area contributed by atoms with Crippen molar-refractivity contribution in [3.63, 3.8) is 0 Å². The molecule has 0 radical (unpaired) electrons. The van der Waals surface area contributed by atoms with Gasteiger partial charge in [-0.15, -0.1) is 0 Å². The molecule has 39 heavy (non-hydrogen) atoms. The number of hydrogen-bond donors (Lipinski definition) is 1. The first-order valence-corrected chi connectivity index (χ1v) is 15.3. The zero-order valence-electron chi connectivity index (χ0n) is 24.3. The van der Waals surface area contributed by atoms with Crippen molar-refractivity contribution in [3.8, 4) is 11.5 Å². The highest BCUT2D eigenvalue weighted by Crippen LogP contribution is 2.30. The van der Waals surface area contributed by atoms with Crippen LogP contribution in [-0.2, 0) is 13.2 Å². The van der Waals surface area contributed by atoms with Crippen LogP contribution in [-0.4, -0.2) is 18.3 Å². The number of aromatic nitrogens is 1. The number of rotatable bonds is 14. The van der Waals surface area contributed by atoms with E-state index in [0.717, 1.165) is 30.0 Å². The molecule has 0 saturated heterocycles. The van der Waals surface area contributed by atoms with E-state index in [9.17, 15) is 4.39 Å². The molecule has 0 bridgehead atoms. The molecule has 0 aliphatic rings. The van der Waals surface area contributed by atoms with Crippen LogP contribution in [0.3, 0.4) is 0 Å². The lowest BCUT2D eigenvalue weighted by atomic mass is 9.86. The van der Waals surface area contributed by atoms with E-state index < -0.39 is 0 Å². The molecule has 4 nitrogen and oxygen atoms in total. The van der Waals surface area contributed by atoms with Crippen LogP contribution in [0.15, 0.2) is 85.1 Å². The Morgan fingerprint density at radius 3 is 2.46 bits per heavy atom. The summed E-state index contributed by atoms with van der Waals surface area (Å²) in [6, 6.07) is 16.6. The fraction of sp³-hybridized carbons (Fsp3) is 0.364. The first kappa shape index (κ1) is 32.0. The van der Waals surface area contributed by atoms with Crippen molar-refractivity contribution in [1.82, 2.24) is 4.98 Å². The van der Waals surface area contributed by atoms with Gasteiger partial charge in [-0.3, -0.25) is 0 Å². The average Bonchev–Trinajstić information content (AvgIpc) is 2.96. The molecule has 0 aliphatic heterocycles. The second kappa shape index (κ2) is 17.4. The normalized spacial score (nSPS) is 12.9. The quantitative estimate of drug-likeness (QED) is 0.161. The molecule has 0 aliphatic carbocycles. The largest absolute Gasteiger partial charge is 0.493 e. The molecule has 1 heterocycles. The Kier molecular flexibility index (Phi) is 14.3. The smallest absolute Gasteiger partial charge is 0.133 e. The second-order valence-corrected chi connectivity index (χ2v) is 10.3. The number of benzene rings is 2. The molecule has 3 rings (SSSR count). The highest BCUT2D eigenvalue weighted by molar-refractivity contribution is 7.46. The minimum Gasteiger partial charge on any atom is -0.493 e. The Bertz CT molecular complexity index is 1200. The van der Waals surface area contributed by atoms with Gasteiger partial charge >= 0.3 is 0 Å². The van der Waals surface area contributed by atoms with Gasteiger partial charge in [0, 0.05) is 35.1 Å². The molecule has 1 aromatic heterocycles. The fourth-order valence-electron chi connectivity index (χ4n) is 4.03. The summed E-state index contributed by atoms with van der Waals surface area (Å²) in [5.41, 5.74) is 1.42. The van der Waals surface area contributed by atoms with Crippen molar-refractivity contribution >= 4 is 19.7 Å². The maximum absolute atomic E-state index is 14.2. The lowest BCUT2D eigenvalue weighted by Crippen LogP contribution is -2.22. The van der Waals surface area contributed by atoms with Crippen LogP contribution in [0.4, 0.5) is 10.2 Å². The molecule has 1 N–H and O–H groups in total. The first-order valence-electron chi connectivity index (χ1n) is 13.8. The molecule has 0 saturated carbocycles. The molecule has 0 amide bonds. The summed E-state index contributed by atoms with van der Waals surface area (Å²) in [6.07, 6.45) is 12.2. The molecule has 0 spiro atoms. The number of halogens is 1. The number of nitrogens with one attached hydrogen (secondary N) is 1. The van der Waals surface area contributed by atoms with Crippen LogP contribution < -0.4 is 20.1 Å². The molecule has 210 valence electrons. The van der Waals surface area contributed by atoms with Crippen molar-refractivity contribution in [2.75, 3.05) is 18.6 Å². The molecular weight excluding hydrogens is 506 g/mol. The van der Waals surface area contributed by atoms with Gasteiger partial charge in [-0.25, -0.2) is 9.37 Å². The van der Waals surface area contributed by atoms with Crippen molar-refractivity contribution in [2.24, 2.45) is 5.41 Å². The lowest BCUT2D eigenvalue weighted by Gasteiger charge is -2.26. The Morgan fingerprint density at radius 1 is 1.03 bits per heavy atom. The number of nitrogens with zero attached hydrogens (tertiary/aromatic N) is 1. The molecule has 0 fully saturated rings. The van der Waals surface area contributed by atoms with Gasteiger partial charge < -0.3 is 14.8 Å². The van der Waals surface area contributed by atoms with Crippen LogP contribution in [0.2, 0.25) is 0 Å². The van der Waals surface area contributed by atoms with Crippen molar-refractivity contribution in [2.45, 2.75) is 60.6 Å². The first-order chi connectivity index (χ1) is 19.0. The van der Waals surface area contributed by atoms with Gasteiger partial charge in [-0.1, -0.05) is 85.2 Å². The summed E-state index contributed by atoms with van der Waals surface area (Å²) < 4.78 is 26.5. The minimum absolute atomic E-state index is 0.0956.